The van der Waals surface area contributed by atoms with Crippen LogP contribution in [0.15, 0.2) is 42.7 Å². The monoisotopic (exact) mass is 603 g/mol. The number of amides is 3. The van der Waals surface area contributed by atoms with Crippen LogP contribution in [0.4, 0.5) is 32.2 Å². The Balaban J connectivity index is 1.28. The van der Waals surface area contributed by atoms with Gasteiger partial charge in [-0.25, -0.2) is 18.2 Å². The minimum absolute atomic E-state index is 0.0333. The van der Waals surface area contributed by atoms with Gasteiger partial charge in [0.25, 0.3) is 5.91 Å². The summed E-state index contributed by atoms with van der Waals surface area (Å²) < 4.78 is 83.8. The highest BCUT2D eigenvalue weighted by Gasteiger charge is 2.52. The number of fused-ring (bicyclic) bond motifs is 3. The Morgan fingerprint density at radius 1 is 1.12 bits per heavy atom. The first-order chi connectivity index (χ1) is 20.3. The van der Waals surface area contributed by atoms with Crippen molar-refractivity contribution in [3.05, 3.63) is 88.1 Å². The number of hydrogen-bond donors (Lipinski definition) is 2. The zero-order chi connectivity index (χ0) is 30.8. The number of anilines is 1. The van der Waals surface area contributed by atoms with Gasteiger partial charge in [-0.15, -0.1) is 0 Å². The second kappa shape index (κ2) is 10.1. The summed E-state index contributed by atoms with van der Waals surface area (Å²) in [6.45, 7) is -0.557. The van der Waals surface area contributed by atoms with Crippen LogP contribution in [0.3, 0.4) is 0 Å². The lowest BCUT2D eigenvalue weighted by Crippen LogP contribution is -2.60. The molecule has 4 atom stereocenters. The van der Waals surface area contributed by atoms with Crippen molar-refractivity contribution in [2.45, 2.75) is 55.8 Å². The summed E-state index contributed by atoms with van der Waals surface area (Å²) in [5, 5.41) is 5.14. The van der Waals surface area contributed by atoms with E-state index in [0.717, 1.165) is 0 Å². The minimum Gasteiger partial charge on any atom is -0.340 e. The van der Waals surface area contributed by atoms with Crippen molar-refractivity contribution in [3.63, 3.8) is 0 Å². The largest absolute Gasteiger partial charge is 0.406 e. The summed E-state index contributed by atoms with van der Waals surface area (Å²) in [4.78, 5) is 48.4. The number of piperidine rings is 1. The van der Waals surface area contributed by atoms with Crippen LogP contribution in [0.2, 0.25) is 0 Å². The summed E-state index contributed by atoms with van der Waals surface area (Å²) >= 11 is 0. The molecule has 3 aromatic rings. The molecule has 3 amide bonds. The van der Waals surface area contributed by atoms with Crippen LogP contribution >= 0.6 is 0 Å². The zero-order valence-corrected chi connectivity index (χ0v) is 22.4. The molecular formula is C29H23F6N5O3. The van der Waals surface area contributed by atoms with Gasteiger partial charge in [-0.2, -0.15) is 13.2 Å². The molecule has 3 aliphatic rings. The molecule has 1 spiro atoms. The fourth-order valence-corrected chi connectivity index (χ4v) is 6.43. The molecule has 224 valence electrons. The maximum Gasteiger partial charge on any atom is 0.406 e. The van der Waals surface area contributed by atoms with Gasteiger partial charge in [-0.05, 0) is 49.6 Å². The quantitative estimate of drug-likeness (QED) is 0.348. The van der Waals surface area contributed by atoms with Crippen LogP contribution in [0, 0.1) is 17.5 Å². The van der Waals surface area contributed by atoms with E-state index in [1.54, 1.807) is 18.3 Å². The van der Waals surface area contributed by atoms with E-state index in [0.29, 0.717) is 39.7 Å². The first-order valence-electron chi connectivity index (χ1n) is 13.4. The van der Waals surface area contributed by atoms with Gasteiger partial charge in [0.15, 0.2) is 11.6 Å². The number of benzene rings is 1. The molecule has 43 heavy (non-hydrogen) atoms. The molecule has 0 saturated carbocycles. The highest BCUT2D eigenvalue weighted by atomic mass is 19.4. The Labute approximate surface area is 240 Å². The molecule has 1 aromatic carbocycles. The van der Waals surface area contributed by atoms with Crippen LogP contribution in [0.1, 0.15) is 52.0 Å². The summed E-state index contributed by atoms with van der Waals surface area (Å²) in [5.41, 5.74) is 0.0460. The molecule has 2 N–H and O–H groups in total. The van der Waals surface area contributed by atoms with Crippen LogP contribution in [0.5, 0.6) is 0 Å². The van der Waals surface area contributed by atoms with Crippen molar-refractivity contribution >= 4 is 23.5 Å². The van der Waals surface area contributed by atoms with E-state index in [4.69, 9.17) is 0 Å². The number of hydrogen-bond acceptors (Lipinski definition) is 5. The molecule has 4 heterocycles. The highest BCUT2D eigenvalue weighted by Crippen LogP contribution is 2.46. The lowest BCUT2D eigenvalue weighted by atomic mass is 9.80. The standard InChI is InChI=1S/C29H23F6N5O3/c1-13-16(22-18(30)4-5-19(31)23(22)32)8-20(26(42)40(13)12-29(33,34)35)38-25(41)15-7-14-9-28(10-21(14)37-11-15)17-3-2-6-36-24(17)39-27(28)43/h2-7,11,13,16,20H,8-10,12H2,1H3,(H,38,41)(H,36,39,43)/t13-,16-,20?,28+/m1/s1. The van der Waals surface area contributed by atoms with Crippen molar-refractivity contribution in [2.75, 3.05) is 11.9 Å². The van der Waals surface area contributed by atoms with Gasteiger partial charge in [0.1, 0.15) is 24.2 Å². The molecule has 8 nitrogen and oxygen atoms in total. The number of carbonyl (C=O) groups is 3. The van der Waals surface area contributed by atoms with Crippen LogP contribution in [-0.4, -0.2) is 57.4 Å². The Morgan fingerprint density at radius 2 is 1.86 bits per heavy atom. The fourth-order valence-electron chi connectivity index (χ4n) is 6.43. The van der Waals surface area contributed by atoms with Crippen LogP contribution in [0.25, 0.3) is 0 Å². The Bertz CT molecular complexity index is 1680. The first kappa shape index (κ1) is 28.6. The molecule has 6 rings (SSSR count). The minimum atomic E-state index is -4.86. The van der Waals surface area contributed by atoms with Crippen molar-refractivity contribution in [2.24, 2.45) is 0 Å². The molecule has 2 aromatic heterocycles. The molecule has 2 aliphatic heterocycles. The van der Waals surface area contributed by atoms with Gasteiger partial charge >= 0.3 is 6.18 Å². The highest BCUT2D eigenvalue weighted by molar-refractivity contribution is 6.06. The van der Waals surface area contributed by atoms with Gasteiger partial charge in [-0.3, -0.25) is 19.4 Å². The van der Waals surface area contributed by atoms with E-state index in [2.05, 4.69) is 20.6 Å². The molecule has 1 aliphatic carbocycles. The van der Waals surface area contributed by atoms with Gasteiger partial charge in [0, 0.05) is 47.6 Å². The van der Waals surface area contributed by atoms with Crippen molar-refractivity contribution in [1.29, 1.82) is 0 Å². The van der Waals surface area contributed by atoms with Crippen molar-refractivity contribution in [3.8, 4) is 0 Å². The van der Waals surface area contributed by atoms with E-state index in [9.17, 15) is 40.7 Å². The van der Waals surface area contributed by atoms with E-state index in [1.165, 1.54) is 19.2 Å². The Kier molecular flexibility index (Phi) is 6.69. The topological polar surface area (TPSA) is 104 Å². The number of alkyl halides is 3. The number of likely N-dealkylation sites (tertiary alicyclic amines) is 1. The second-order valence-corrected chi connectivity index (χ2v) is 11.1. The zero-order valence-electron chi connectivity index (χ0n) is 22.4. The van der Waals surface area contributed by atoms with E-state index < -0.39 is 77.4 Å². The molecule has 0 radical (unpaired) electrons. The van der Waals surface area contributed by atoms with Gasteiger partial charge in [0.2, 0.25) is 11.8 Å². The third-order valence-corrected chi connectivity index (χ3v) is 8.52. The van der Waals surface area contributed by atoms with Gasteiger partial charge in [-0.1, -0.05) is 6.07 Å². The number of nitrogens with zero attached hydrogens (tertiary/aromatic N) is 3. The van der Waals surface area contributed by atoms with E-state index >= 15 is 0 Å². The van der Waals surface area contributed by atoms with Crippen LogP contribution in [-0.2, 0) is 27.8 Å². The third kappa shape index (κ3) is 4.78. The average Bonchev–Trinajstić information content (AvgIpc) is 3.47. The molecule has 1 saturated heterocycles. The smallest absolute Gasteiger partial charge is 0.340 e. The molecule has 0 bridgehead atoms. The summed E-state index contributed by atoms with van der Waals surface area (Å²) in [7, 11) is 0. The Morgan fingerprint density at radius 3 is 2.60 bits per heavy atom. The summed E-state index contributed by atoms with van der Waals surface area (Å²) in [5.74, 6) is -7.38. The molecule has 1 unspecified atom stereocenters. The van der Waals surface area contributed by atoms with Crippen molar-refractivity contribution in [1.82, 2.24) is 20.2 Å². The number of halogens is 6. The predicted molar refractivity (Wildman–Crippen MR) is 138 cm³/mol. The van der Waals surface area contributed by atoms with Gasteiger partial charge in [0.05, 0.1) is 11.0 Å². The van der Waals surface area contributed by atoms with E-state index in [-0.39, 0.29) is 24.3 Å². The van der Waals surface area contributed by atoms with E-state index in [1.807, 2.05) is 0 Å². The average molecular weight is 604 g/mol. The number of pyridine rings is 2. The predicted octanol–water partition coefficient (Wildman–Crippen LogP) is 3.95. The maximum atomic E-state index is 14.7. The number of carbonyl (C=O) groups excluding carboxylic acids is 3. The normalized spacial score (nSPS) is 24.6. The summed E-state index contributed by atoms with van der Waals surface area (Å²) in [6.07, 6.45) is -2.11. The number of aromatic nitrogens is 2. The number of nitrogens with one attached hydrogen (secondary N) is 2. The lowest BCUT2D eigenvalue weighted by Gasteiger charge is -2.43. The van der Waals surface area contributed by atoms with Crippen molar-refractivity contribution < 1.29 is 40.7 Å². The van der Waals surface area contributed by atoms with Crippen LogP contribution < -0.4 is 10.6 Å². The molecule has 14 heteroatoms. The third-order valence-electron chi connectivity index (χ3n) is 8.52. The number of rotatable bonds is 4. The molecule has 1 fully saturated rings. The van der Waals surface area contributed by atoms with Gasteiger partial charge < -0.3 is 15.5 Å². The first-order valence-corrected chi connectivity index (χ1v) is 13.4. The fraction of sp³-hybridized carbons (Fsp3) is 0.345. The molecular weight excluding hydrogens is 580 g/mol. The lowest BCUT2D eigenvalue weighted by molar-refractivity contribution is -0.170. The summed E-state index contributed by atoms with van der Waals surface area (Å²) in [6, 6.07) is 3.19. The maximum absolute atomic E-state index is 14.7. The second-order valence-electron chi connectivity index (χ2n) is 11.1. The SMILES string of the molecule is C[C@@H]1[C@H](c2c(F)ccc(F)c2F)CC(NC(=O)c2cnc3c(c2)C[C@@]2(C3)C(=O)Nc3ncccc32)C(=O)N1CC(F)(F)F. The Hall–Kier alpha value is -4.49.